The predicted molar refractivity (Wildman–Crippen MR) is 64.9 cm³/mol. The highest BCUT2D eigenvalue weighted by molar-refractivity contribution is 5.31. The minimum atomic E-state index is -4.30. The van der Waals surface area contributed by atoms with Gasteiger partial charge in [0, 0.05) is 5.54 Å². The number of alkyl halides is 3. The maximum Gasteiger partial charge on any atom is 0.416 e. The van der Waals surface area contributed by atoms with Gasteiger partial charge in [-0.3, -0.25) is 0 Å². The summed E-state index contributed by atoms with van der Waals surface area (Å²) in [6, 6.07) is 5.46. The molecule has 0 atom stereocenters. The minimum Gasteiger partial charge on any atom is -0.321 e. The Kier molecular flexibility index (Phi) is 3.41. The summed E-state index contributed by atoms with van der Waals surface area (Å²) in [5.41, 5.74) is 5.71. The Bertz CT molecular complexity index is 417. The van der Waals surface area contributed by atoms with Crippen LogP contribution in [0.1, 0.15) is 43.7 Å². The number of rotatable bonds is 1. The first-order valence-electron chi connectivity index (χ1n) is 6.28. The fourth-order valence-corrected chi connectivity index (χ4v) is 2.57. The van der Waals surface area contributed by atoms with Crippen molar-refractivity contribution in [1.29, 1.82) is 0 Å². The number of hydrogen-bond acceptors (Lipinski definition) is 1. The van der Waals surface area contributed by atoms with E-state index in [2.05, 4.69) is 6.92 Å². The lowest BCUT2D eigenvalue weighted by Gasteiger charge is -2.36. The van der Waals surface area contributed by atoms with Crippen molar-refractivity contribution in [1.82, 2.24) is 0 Å². The number of hydrogen-bond donors (Lipinski definition) is 1. The van der Waals surface area contributed by atoms with E-state index in [-0.39, 0.29) is 0 Å². The molecule has 1 nitrogen and oxygen atoms in total. The third-order valence-corrected chi connectivity index (χ3v) is 3.93. The fraction of sp³-hybridized carbons (Fsp3) is 0.571. The summed E-state index contributed by atoms with van der Waals surface area (Å²) in [5.74, 6) is 0.618. The highest BCUT2D eigenvalue weighted by Crippen LogP contribution is 2.39. The zero-order valence-electron chi connectivity index (χ0n) is 10.4. The Balaban J connectivity index is 2.28. The number of nitrogens with two attached hydrogens (primary N) is 1. The monoisotopic (exact) mass is 257 g/mol. The van der Waals surface area contributed by atoms with Crippen LogP contribution < -0.4 is 5.73 Å². The van der Waals surface area contributed by atoms with Crippen LogP contribution in [0.3, 0.4) is 0 Å². The third kappa shape index (κ3) is 2.69. The second-order valence-electron chi connectivity index (χ2n) is 5.42. The fourth-order valence-electron chi connectivity index (χ4n) is 2.57. The van der Waals surface area contributed by atoms with Gasteiger partial charge in [0.1, 0.15) is 0 Å². The Labute approximate surface area is 105 Å². The van der Waals surface area contributed by atoms with Gasteiger partial charge in [0.25, 0.3) is 0 Å². The summed E-state index contributed by atoms with van der Waals surface area (Å²) >= 11 is 0. The van der Waals surface area contributed by atoms with Gasteiger partial charge >= 0.3 is 6.18 Å². The molecule has 18 heavy (non-hydrogen) atoms. The van der Waals surface area contributed by atoms with E-state index in [0.717, 1.165) is 31.7 Å². The summed E-state index contributed by atoms with van der Waals surface area (Å²) < 4.78 is 38.0. The van der Waals surface area contributed by atoms with Gasteiger partial charge in [-0.05, 0) is 49.3 Å². The Morgan fingerprint density at radius 2 is 1.83 bits per heavy atom. The minimum absolute atomic E-state index is 0.590. The molecular formula is C14H18F3N. The molecule has 1 aromatic rings. The molecule has 1 aliphatic carbocycles. The van der Waals surface area contributed by atoms with Crippen molar-refractivity contribution in [2.45, 2.75) is 44.3 Å². The molecule has 2 N–H and O–H groups in total. The summed E-state index contributed by atoms with van der Waals surface area (Å²) in [6.07, 6.45) is -0.821. The largest absolute Gasteiger partial charge is 0.416 e. The molecule has 0 aromatic heterocycles. The van der Waals surface area contributed by atoms with Crippen LogP contribution in [-0.4, -0.2) is 0 Å². The lowest BCUT2D eigenvalue weighted by Crippen LogP contribution is -2.40. The molecule has 0 spiro atoms. The van der Waals surface area contributed by atoms with Crippen molar-refractivity contribution in [3.63, 3.8) is 0 Å². The quantitative estimate of drug-likeness (QED) is 0.806. The number of benzene rings is 1. The molecule has 1 saturated carbocycles. The number of halogens is 3. The zero-order valence-corrected chi connectivity index (χ0v) is 10.4. The van der Waals surface area contributed by atoms with Gasteiger partial charge in [-0.15, -0.1) is 0 Å². The van der Waals surface area contributed by atoms with E-state index in [0.29, 0.717) is 11.5 Å². The summed E-state index contributed by atoms with van der Waals surface area (Å²) in [7, 11) is 0. The molecule has 0 unspecified atom stereocenters. The standard InChI is InChI=1S/C14H18F3N/c1-10-5-7-13(18,8-6-10)11-3-2-4-12(9-11)14(15,16)17/h2-4,9-10H,5-8,18H2,1H3. The molecule has 1 aromatic carbocycles. The van der Waals surface area contributed by atoms with Gasteiger partial charge < -0.3 is 5.73 Å². The molecule has 1 aliphatic rings. The molecule has 1 fully saturated rings. The van der Waals surface area contributed by atoms with Crippen LogP contribution in [0.2, 0.25) is 0 Å². The van der Waals surface area contributed by atoms with E-state index < -0.39 is 17.3 Å². The average molecular weight is 257 g/mol. The summed E-state index contributed by atoms with van der Waals surface area (Å²) in [4.78, 5) is 0. The smallest absolute Gasteiger partial charge is 0.321 e. The highest BCUT2D eigenvalue weighted by Gasteiger charge is 2.35. The molecule has 0 aliphatic heterocycles. The molecule has 100 valence electrons. The SMILES string of the molecule is CC1CCC(N)(c2cccc(C(F)(F)F)c2)CC1. The summed E-state index contributed by atoms with van der Waals surface area (Å²) in [6.45, 7) is 2.16. The Morgan fingerprint density at radius 3 is 2.39 bits per heavy atom. The van der Waals surface area contributed by atoms with Crippen LogP contribution in [0, 0.1) is 5.92 Å². The Morgan fingerprint density at radius 1 is 1.22 bits per heavy atom. The molecule has 4 heteroatoms. The molecule has 2 rings (SSSR count). The van der Waals surface area contributed by atoms with Crippen LogP contribution in [0.4, 0.5) is 13.2 Å². The Hall–Kier alpha value is -1.03. The van der Waals surface area contributed by atoms with Crippen LogP contribution in [0.15, 0.2) is 24.3 Å². The van der Waals surface area contributed by atoms with E-state index in [1.165, 1.54) is 12.1 Å². The first kappa shape index (κ1) is 13.4. The molecule has 0 radical (unpaired) electrons. The maximum absolute atomic E-state index is 12.7. The lowest BCUT2D eigenvalue weighted by atomic mass is 9.74. The van der Waals surface area contributed by atoms with Crippen molar-refractivity contribution in [3.05, 3.63) is 35.4 Å². The van der Waals surface area contributed by atoms with Crippen LogP contribution in [0.5, 0.6) is 0 Å². The van der Waals surface area contributed by atoms with Gasteiger partial charge in [-0.1, -0.05) is 19.1 Å². The van der Waals surface area contributed by atoms with Gasteiger partial charge in [-0.2, -0.15) is 13.2 Å². The van der Waals surface area contributed by atoms with Crippen molar-refractivity contribution >= 4 is 0 Å². The molecule has 0 saturated heterocycles. The van der Waals surface area contributed by atoms with Crippen molar-refractivity contribution in [2.24, 2.45) is 11.7 Å². The lowest BCUT2D eigenvalue weighted by molar-refractivity contribution is -0.137. The molecular weight excluding hydrogens is 239 g/mol. The maximum atomic E-state index is 12.7. The molecule has 0 bridgehead atoms. The van der Waals surface area contributed by atoms with E-state index in [1.54, 1.807) is 6.07 Å². The van der Waals surface area contributed by atoms with Gasteiger partial charge in [0.2, 0.25) is 0 Å². The van der Waals surface area contributed by atoms with E-state index in [9.17, 15) is 13.2 Å². The highest BCUT2D eigenvalue weighted by atomic mass is 19.4. The van der Waals surface area contributed by atoms with Gasteiger partial charge in [-0.25, -0.2) is 0 Å². The second kappa shape index (κ2) is 4.57. The van der Waals surface area contributed by atoms with Gasteiger partial charge in [0.05, 0.1) is 5.56 Å². The second-order valence-corrected chi connectivity index (χ2v) is 5.42. The first-order valence-corrected chi connectivity index (χ1v) is 6.28. The van der Waals surface area contributed by atoms with Crippen LogP contribution in [-0.2, 0) is 11.7 Å². The van der Waals surface area contributed by atoms with Crippen LogP contribution >= 0.6 is 0 Å². The van der Waals surface area contributed by atoms with Crippen molar-refractivity contribution in [2.75, 3.05) is 0 Å². The summed E-state index contributed by atoms with van der Waals surface area (Å²) in [5, 5.41) is 0. The van der Waals surface area contributed by atoms with Gasteiger partial charge in [0.15, 0.2) is 0 Å². The first-order chi connectivity index (χ1) is 8.31. The van der Waals surface area contributed by atoms with Crippen molar-refractivity contribution < 1.29 is 13.2 Å². The molecule has 0 amide bonds. The topological polar surface area (TPSA) is 26.0 Å². The van der Waals surface area contributed by atoms with E-state index in [4.69, 9.17) is 5.73 Å². The van der Waals surface area contributed by atoms with Crippen molar-refractivity contribution in [3.8, 4) is 0 Å². The molecule has 0 heterocycles. The van der Waals surface area contributed by atoms with Crippen LogP contribution in [0.25, 0.3) is 0 Å². The predicted octanol–water partition coefficient (Wildman–Crippen LogP) is 4.07. The third-order valence-electron chi connectivity index (χ3n) is 3.93. The normalized spacial score (nSPS) is 29.3. The van der Waals surface area contributed by atoms with E-state index >= 15 is 0 Å². The van der Waals surface area contributed by atoms with E-state index in [1.807, 2.05) is 0 Å². The average Bonchev–Trinajstić information content (AvgIpc) is 2.32. The zero-order chi connectivity index (χ0) is 13.4.